The third kappa shape index (κ3) is 6.89. The second-order valence-electron chi connectivity index (χ2n) is 9.72. The third-order valence-corrected chi connectivity index (χ3v) is 7.78. The molecule has 3 rings (SSSR count). The summed E-state index contributed by atoms with van der Waals surface area (Å²) in [6.07, 6.45) is 6.16. The molecular formula is C26H35N3O6S. The Morgan fingerprint density at radius 3 is 2.42 bits per heavy atom. The molecule has 1 amide bonds. The smallest absolute Gasteiger partial charge is 0.324 e. The molecule has 2 aliphatic rings. The fourth-order valence-corrected chi connectivity index (χ4v) is 5.67. The van der Waals surface area contributed by atoms with Gasteiger partial charge in [-0.2, -0.15) is 4.72 Å². The van der Waals surface area contributed by atoms with Crippen LogP contribution in [0.25, 0.3) is 0 Å². The molecule has 0 radical (unpaired) electrons. The second kappa shape index (κ2) is 11.5. The lowest BCUT2D eigenvalue weighted by atomic mass is 9.70. The average Bonchev–Trinajstić information content (AvgIpc) is 3.34. The van der Waals surface area contributed by atoms with Gasteiger partial charge in [-0.1, -0.05) is 29.8 Å². The number of rotatable bonds is 10. The molecule has 1 unspecified atom stereocenters. The van der Waals surface area contributed by atoms with Crippen molar-refractivity contribution in [1.82, 2.24) is 15.4 Å². The largest absolute Gasteiger partial charge is 0.462 e. The van der Waals surface area contributed by atoms with Crippen molar-refractivity contribution in [3.05, 3.63) is 53.8 Å². The summed E-state index contributed by atoms with van der Waals surface area (Å²) in [4.78, 5) is 38.4. The Morgan fingerprint density at radius 2 is 1.89 bits per heavy atom. The summed E-state index contributed by atoms with van der Waals surface area (Å²) in [5.74, 6) is -1.12. The molecule has 1 fully saturated rings. The fraction of sp³-hybridized carbons (Fsp3) is 0.500. The maximum Gasteiger partial charge on any atom is 0.324 e. The van der Waals surface area contributed by atoms with E-state index in [9.17, 15) is 22.8 Å². The predicted molar refractivity (Wildman–Crippen MR) is 135 cm³/mol. The Morgan fingerprint density at radius 1 is 1.19 bits per heavy atom. The first kappa shape index (κ1) is 27.8. The molecule has 10 heteroatoms. The van der Waals surface area contributed by atoms with Gasteiger partial charge in [0.2, 0.25) is 15.9 Å². The van der Waals surface area contributed by atoms with E-state index in [0.29, 0.717) is 18.7 Å². The van der Waals surface area contributed by atoms with E-state index < -0.39 is 39.6 Å². The van der Waals surface area contributed by atoms with Crippen LogP contribution in [0.3, 0.4) is 0 Å². The first-order valence-electron chi connectivity index (χ1n) is 12.2. The zero-order valence-electron chi connectivity index (χ0n) is 21.2. The van der Waals surface area contributed by atoms with Gasteiger partial charge in [-0.3, -0.25) is 14.4 Å². The maximum absolute atomic E-state index is 13.7. The number of hydrogen-bond acceptors (Lipinski definition) is 7. The van der Waals surface area contributed by atoms with Gasteiger partial charge in [0.05, 0.1) is 22.5 Å². The van der Waals surface area contributed by atoms with Gasteiger partial charge in [0.25, 0.3) is 0 Å². The number of benzene rings is 1. The summed E-state index contributed by atoms with van der Waals surface area (Å²) in [5.41, 5.74) is 0.278. The molecule has 3 N–H and O–H groups in total. The van der Waals surface area contributed by atoms with Crippen LogP contribution in [0.2, 0.25) is 0 Å². The summed E-state index contributed by atoms with van der Waals surface area (Å²) in [7, 11) is -4.08. The zero-order chi connectivity index (χ0) is 26.5. The highest BCUT2D eigenvalue weighted by atomic mass is 32.2. The van der Waals surface area contributed by atoms with E-state index in [1.807, 2.05) is 6.92 Å². The molecule has 1 heterocycles. The molecule has 1 aliphatic carbocycles. The van der Waals surface area contributed by atoms with E-state index in [4.69, 9.17) is 4.74 Å². The molecule has 0 saturated carbocycles. The number of nitrogens with one attached hydrogen (secondary N) is 3. The van der Waals surface area contributed by atoms with Crippen LogP contribution in [0.1, 0.15) is 52.0 Å². The first-order chi connectivity index (χ1) is 16.9. The molecule has 9 nitrogen and oxygen atoms in total. The van der Waals surface area contributed by atoms with Crippen LogP contribution in [-0.2, 0) is 29.1 Å². The highest BCUT2D eigenvalue weighted by molar-refractivity contribution is 7.89. The van der Waals surface area contributed by atoms with Crippen molar-refractivity contribution in [2.24, 2.45) is 5.41 Å². The minimum Gasteiger partial charge on any atom is -0.462 e. The Hall–Kier alpha value is -2.82. The molecule has 1 aromatic carbocycles. The molecule has 196 valence electrons. The van der Waals surface area contributed by atoms with E-state index in [1.54, 1.807) is 44.2 Å². The van der Waals surface area contributed by atoms with Crippen molar-refractivity contribution < 1.29 is 27.5 Å². The third-order valence-electron chi connectivity index (χ3n) is 6.29. The zero-order valence-corrected chi connectivity index (χ0v) is 22.0. The predicted octanol–water partition coefficient (Wildman–Crippen LogP) is 2.27. The summed E-state index contributed by atoms with van der Waals surface area (Å²) >= 11 is 0. The van der Waals surface area contributed by atoms with Crippen LogP contribution in [-0.4, -0.2) is 50.8 Å². The Kier molecular flexibility index (Phi) is 8.86. The van der Waals surface area contributed by atoms with E-state index in [0.717, 1.165) is 12.0 Å². The monoisotopic (exact) mass is 517 g/mol. The number of amides is 1. The molecule has 1 saturated heterocycles. The van der Waals surface area contributed by atoms with Crippen LogP contribution < -0.4 is 15.4 Å². The number of Topliss-reactive ketones (excluding diaryl/α,β-unsaturated/α-hetero) is 1. The maximum atomic E-state index is 13.7. The Labute approximate surface area is 212 Å². The average molecular weight is 518 g/mol. The number of esters is 1. The van der Waals surface area contributed by atoms with Gasteiger partial charge < -0.3 is 15.4 Å². The molecular weight excluding hydrogens is 482 g/mol. The van der Waals surface area contributed by atoms with Gasteiger partial charge in [-0.25, -0.2) is 8.42 Å². The minimum absolute atomic E-state index is 0.0142. The number of carbonyl (C=O) groups excluding carboxylic acids is 3. The van der Waals surface area contributed by atoms with Crippen molar-refractivity contribution >= 4 is 27.7 Å². The van der Waals surface area contributed by atoms with Gasteiger partial charge in [0.15, 0.2) is 5.78 Å². The van der Waals surface area contributed by atoms with Crippen molar-refractivity contribution in [3.63, 3.8) is 0 Å². The fourth-order valence-electron chi connectivity index (χ4n) is 4.49. The number of hydrogen-bond donors (Lipinski definition) is 3. The van der Waals surface area contributed by atoms with E-state index in [1.165, 1.54) is 19.1 Å². The molecule has 3 atom stereocenters. The molecule has 0 bridgehead atoms. The first-order valence-corrected chi connectivity index (χ1v) is 13.6. The highest BCUT2D eigenvalue weighted by Gasteiger charge is 2.45. The Balaban J connectivity index is 1.96. The van der Waals surface area contributed by atoms with Gasteiger partial charge in [0.1, 0.15) is 6.04 Å². The lowest BCUT2D eigenvalue weighted by molar-refractivity contribution is -0.150. The highest BCUT2D eigenvalue weighted by Crippen LogP contribution is 2.38. The van der Waals surface area contributed by atoms with Crippen LogP contribution in [0.15, 0.2) is 53.1 Å². The van der Waals surface area contributed by atoms with E-state index in [-0.39, 0.29) is 29.4 Å². The van der Waals surface area contributed by atoms with E-state index >= 15 is 0 Å². The van der Waals surface area contributed by atoms with Crippen molar-refractivity contribution in [1.29, 1.82) is 0 Å². The topological polar surface area (TPSA) is 131 Å². The number of ketones is 1. The van der Waals surface area contributed by atoms with Crippen LogP contribution in [0, 0.1) is 12.3 Å². The number of ether oxygens (including phenoxy) is 1. The summed E-state index contributed by atoms with van der Waals surface area (Å²) in [6, 6.07) is 4.57. The van der Waals surface area contributed by atoms with Crippen LogP contribution in [0.5, 0.6) is 0 Å². The van der Waals surface area contributed by atoms with Crippen molar-refractivity contribution in [2.75, 3.05) is 6.54 Å². The van der Waals surface area contributed by atoms with Gasteiger partial charge >= 0.3 is 5.97 Å². The van der Waals surface area contributed by atoms with E-state index in [2.05, 4.69) is 15.4 Å². The summed E-state index contributed by atoms with van der Waals surface area (Å²) in [6.45, 7) is 7.30. The number of allylic oxidation sites excluding steroid dienone is 3. The molecule has 1 aromatic rings. The summed E-state index contributed by atoms with van der Waals surface area (Å²) in [5, 5.41) is 5.91. The Bertz CT molecular complexity index is 1150. The lowest BCUT2D eigenvalue weighted by Gasteiger charge is -2.36. The van der Waals surface area contributed by atoms with Gasteiger partial charge in [-0.15, -0.1) is 0 Å². The molecule has 0 aromatic heterocycles. The van der Waals surface area contributed by atoms with Gasteiger partial charge in [-0.05, 0) is 71.2 Å². The number of aryl methyl sites for hydroxylation is 1. The molecule has 36 heavy (non-hydrogen) atoms. The lowest BCUT2D eigenvalue weighted by Crippen LogP contribution is -2.50. The number of sulfonamides is 1. The van der Waals surface area contributed by atoms with Crippen LogP contribution in [0.4, 0.5) is 0 Å². The second-order valence-corrected chi connectivity index (χ2v) is 11.4. The van der Waals surface area contributed by atoms with Crippen LogP contribution >= 0.6 is 0 Å². The quantitative estimate of drug-likeness (QED) is 0.406. The minimum atomic E-state index is -4.08. The standard InChI is InChI=1S/C26H35N3O6S/c1-17(2)35-25(32)23(29-36(33,34)21-9-7-18(3)8-10-21)16-26(24(31)22-6-5-15-27-22)13-11-20(12-14-26)28-19(4)30/h7-13,17,22-23,27,29H,5-6,14-16H2,1-4H3,(H,28,30)/t22-,23-,26?/m0/s1. The normalized spacial score (nSPS) is 22.7. The summed E-state index contributed by atoms with van der Waals surface area (Å²) < 4.78 is 34.3. The molecule has 0 spiro atoms. The van der Waals surface area contributed by atoms with Crippen molar-refractivity contribution in [3.8, 4) is 0 Å². The van der Waals surface area contributed by atoms with Crippen molar-refractivity contribution in [2.45, 2.75) is 76.5 Å². The SMILES string of the molecule is CC(=O)NC1=CCC(C[C@H](NS(=O)(=O)c2ccc(C)cc2)C(=O)OC(C)C)(C(=O)[C@@H]2CCCN2)C=C1. The number of carbonyl (C=O) groups is 3. The van der Waals surface area contributed by atoms with Gasteiger partial charge in [0, 0.05) is 12.6 Å². The molecule has 1 aliphatic heterocycles.